The van der Waals surface area contributed by atoms with Crippen LogP contribution < -0.4 is 0 Å². The first-order valence-electron chi connectivity index (χ1n) is 10.0. The average Bonchev–Trinajstić information content (AvgIpc) is 3.45. The second kappa shape index (κ2) is 6.36. The number of amides is 2. The number of hydrogen-bond acceptors (Lipinski definition) is 4. The number of aromatic nitrogens is 2. The molecule has 7 heteroatoms. The summed E-state index contributed by atoms with van der Waals surface area (Å²) in [6, 6.07) is 6.65. The highest BCUT2D eigenvalue weighted by molar-refractivity contribution is 5.96. The first kappa shape index (κ1) is 17.3. The molecule has 3 heterocycles. The number of imidazole rings is 1. The van der Waals surface area contributed by atoms with E-state index in [9.17, 15) is 14.7 Å². The number of piperidine rings is 1. The van der Waals surface area contributed by atoms with Crippen molar-refractivity contribution >= 4 is 11.8 Å². The van der Waals surface area contributed by atoms with Crippen molar-refractivity contribution in [3.8, 4) is 5.75 Å². The van der Waals surface area contributed by atoms with E-state index >= 15 is 0 Å². The molecule has 3 aliphatic rings. The summed E-state index contributed by atoms with van der Waals surface area (Å²) in [4.78, 5) is 37.6. The fourth-order valence-corrected chi connectivity index (χ4v) is 4.76. The van der Waals surface area contributed by atoms with Crippen LogP contribution in [0.1, 0.15) is 47.4 Å². The molecule has 28 heavy (non-hydrogen) atoms. The summed E-state index contributed by atoms with van der Waals surface area (Å²) < 4.78 is 0. The Bertz CT molecular complexity index is 925. The number of fused-ring (bicyclic) bond motifs is 2. The third kappa shape index (κ3) is 2.60. The zero-order valence-electron chi connectivity index (χ0n) is 15.7. The Kier molecular flexibility index (Phi) is 3.92. The van der Waals surface area contributed by atoms with Crippen LogP contribution in [0, 0.1) is 5.92 Å². The largest absolute Gasteiger partial charge is 0.507 e. The molecule has 2 aliphatic heterocycles. The molecule has 0 atom stereocenters. The van der Waals surface area contributed by atoms with Gasteiger partial charge in [0.05, 0.1) is 23.1 Å². The molecule has 1 aliphatic carbocycles. The lowest BCUT2D eigenvalue weighted by atomic mass is 9.78. The fraction of sp³-hybridized carbons (Fsp3) is 0.476. The van der Waals surface area contributed by atoms with Gasteiger partial charge in [0.1, 0.15) is 5.75 Å². The normalized spacial score (nSPS) is 20.9. The number of phenolic OH excluding ortho intramolecular Hbond substituents is 1. The Balaban J connectivity index is 1.42. The van der Waals surface area contributed by atoms with Crippen LogP contribution in [-0.4, -0.2) is 56.3 Å². The second-order valence-electron chi connectivity index (χ2n) is 8.08. The Morgan fingerprint density at radius 1 is 1.14 bits per heavy atom. The van der Waals surface area contributed by atoms with E-state index in [1.54, 1.807) is 29.4 Å². The van der Waals surface area contributed by atoms with Crippen LogP contribution in [-0.2, 0) is 16.8 Å². The minimum atomic E-state index is -0.428. The van der Waals surface area contributed by atoms with Crippen LogP contribution in [0.25, 0.3) is 0 Å². The number of carbonyl (C=O) groups excluding carboxylic acids is 2. The highest BCUT2D eigenvalue weighted by Gasteiger charge is 2.51. The van der Waals surface area contributed by atoms with Crippen LogP contribution in [0.5, 0.6) is 5.75 Å². The summed E-state index contributed by atoms with van der Waals surface area (Å²) in [6.45, 7) is 1.78. The maximum absolute atomic E-state index is 13.0. The van der Waals surface area contributed by atoms with Crippen molar-refractivity contribution in [2.45, 2.75) is 37.6 Å². The van der Waals surface area contributed by atoms with Gasteiger partial charge in [-0.25, -0.2) is 4.98 Å². The van der Waals surface area contributed by atoms with Crippen LogP contribution >= 0.6 is 0 Å². The monoisotopic (exact) mass is 380 g/mol. The van der Waals surface area contributed by atoms with E-state index < -0.39 is 5.54 Å². The zero-order valence-corrected chi connectivity index (χ0v) is 15.7. The van der Waals surface area contributed by atoms with Gasteiger partial charge < -0.3 is 19.9 Å². The van der Waals surface area contributed by atoms with Crippen molar-refractivity contribution in [3.05, 3.63) is 47.5 Å². The lowest BCUT2D eigenvalue weighted by Gasteiger charge is -2.50. The summed E-state index contributed by atoms with van der Waals surface area (Å²) in [6.07, 6.45) is 5.83. The number of carbonyl (C=O) groups is 2. The molecular weight excluding hydrogens is 356 g/mol. The van der Waals surface area contributed by atoms with Crippen molar-refractivity contribution in [1.82, 2.24) is 19.8 Å². The first-order chi connectivity index (χ1) is 13.6. The van der Waals surface area contributed by atoms with Gasteiger partial charge in [0, 0.05) is 37.7 Å². The third-order valence-electron chi connectivity index (χ3n) is 6.47. The Morgan fingerprint density at radius 3 is 2.61 bits per heavy atom. The van der Waals surface area contributed by atoms with Gasteiger partial charge in [0.15, 0.2) is 0 Å². The Hall–Kier alpha value is -2.83. The van der Waals surface area contributed by atoms with Gasteiger partial charge in [-0.3, -0.25) is 9.59 Å². The number of nitrogens with one attached hydrogen (secondary N) is 1. The lowest BCUT2D eigenvalue weighted by Crippen LogP contribution is -2.59. The topological polar surface area (TPSA) is 89.5 Å². The number of phenols is 1. The highest BCUT2D eigenvalue weighted by atomic mass is 16.3. The summed E-state index contributed by atoms with van der Waals surface area (Å²) >= 11 is 0. The highest BCUT2D eigenvalue weighted by Crippen LogP contribution is 2.45. The molecule has 1 aromatic heterocycles. The van der Waals surface area contributed by atoms with Crippen molar-refractivity contribution < 1.29 is 14.7 Å². The molecule has 0 radical (unpaired) electrons. The molecule has 1 spiro atoms. The van der Waals surface area contributed by atoms with Crippen molar-refractivity contribution in [3.63, 3.8) is 0 Å². The van der Waals surface area contributed by atoms with Crippen LogP contribution in [0.15, 0.2) is 30.6 Å². The molecule has 2 fully saturated rings. The second-order valence-corrected chi connectivity index (χ2v) is 8.08. The van der Waals surface area contributed by atoms with Gasteiger partial charge in [-0.1, -0.05) is 12.1 Å². The summed E-state index contributed by atoms with van der Waals surface area (Å²) in [5.74, 6) is 0.254. The number of nitrogens with zero attached hydrogens (tertiary/aromatic N) is 3. The van der Waals surface area contributed by atoms with Crippen molar-refractivity contribution in [2.24, 2.45) is 5.92 Å². The summed E-state index contributed by atoms with van der Waals surface area (Å²) in [5, 5.41) is 10.0. The molecule has 2 amide bonds. The predicted molar refractivity (Wildman–Crippen MR) is 102 cm³/mol. The first-order valence-corrected chi connectivity index (χ1v) is 10.0. The van der Waals surface area contributed by atoms with Gasteiger partial charge in [-0.2, -0.15) is 0 Å². The number of likely N-dealkylation sites (tertiary alicyclic amines) is 1. The Labute approximate surface area is 163 Å². The number of aromatic amines is 1. The number of H-pyrrole nitrogens is 1. The molecule has 7 nitrogen and oxygen atoms in total. The predicted octanol–water partition coefficient (Wildman–Crippen LogP) is 2.04. The maximum atomic E-state index is 13.0. The standard InChI is InChI=1S/C21H24N4O3/c26-17-4-2-1-3-15(17)20(28)24-11-8-21(9-12-24)18-16(22-13-23-18)7-10-25(21)19(27)14-5-6-14/h1-4,13-14,26H,5-12H2,(H,22,23). The summed E-state index contributed by atoms with van der Waals surface area (Å²) in [7, 11) is 0. The van der Waals surface area contributed by atoms with Gasteiger partial charge in [0.25, 0.3) is 5.91 Å². The van der Waals surface area contributed by atoms with Crippen LogP contribution in [0.3, 0.4) is 0 Å². The van der Waals surface area contributed by atoms with Crippen LogP contribution in [0.4, 0.5) is 0 Å². The van der Waals surface area contributed by atoms with Gasteiger partial charge in [0.2, 0.25) is 5.91 Å². The number of aromatic hydroxyl groups is 1. The molecule has 2 N–H and O–H groups in total. The minimum Gasteiger partial charge on any atom is -0.507 e. The number of hydrogen-bond donors (Lipinski definition) is 2. The molecule has 5 rings (SSSR count). The quantitative estimate of drug-likeness (QED) is 0.834. The van der Waals surface area contributed by atoms with Crippen molar-refractivity contribution in [1.29, 1.82) is 0 Å². The SMILES string of the molecule is O=C(c1ccccc1O)N1CCC2(CC1)c1nc[nH]c1CCN2C(=O)C1CC1. The molecule has 0 bridgehead atoms. The van der Waals surface area contributed by atoms with Gasteiger partial charge in [-0.05, 0) is 37.8 Å². The molecule has 0 unspecified atom stereocenters. The van der Waals surface area contributed by atoms with E-state index in [1.807, 2.05) is 0 Å². The van der Waals surface area contributed by atoms with Crippen LogP contribution in [0.2, 0.25) is 0 Å². The van der Waals surface area contributed by atoms with E-state index in [0.717, 1.165) is 30.7 Å². The zero-order chi connectivity index (χ0) is 19.3. The third-order valence-corrected chi connectivity index (χ3v) is 6.47. The molecule has 1 saturated carbocycles. The molecule has 146 valence electrons. The molecule has 1 aromatic carbocycles. The molecular formula is C21H24N4O3. The van der Waals surface area contributed by atoms with Crippen molar-refractivity contribution in [2.75, 3.05) is 19.6 Å². The van der Waals surface area contributed by atoms with E-state index in [-0.39, 0.29) is 23.5 Å². The lowest BCUT2D eigenvalue weighted by molar-refractivity contribution is -0.143. The molecule has 1 saturated heterocycles. The average molecular weight is 380 g/mol. The van der Waals surface area contributed by atoms with E-state index in [2.05, 4.69) is 14.9 Å². The minimum absolute atomic E-state index is 0.00517. The smallest absolute Gasteiger partial charge is 0.257 e. The van der Waals surface area contributed by atoms with Gasteiger partial charge in [-0.15, -0.1) is 0 Å². The van der Waals surface area contributed by atoms with E-state index in [4.69, 9.17) is 0 Å². The number of para-hydroxylation sites is 1. The number of benzene rings is 1. The number of rotatable bonds is 2. The fourth-order valence-electron chi connectivity index (χ4n) is 4.76. The molecule has 2 aromatic rings. The Morgan fingerprint density at radius 2 is 1.89 bits per heavy atom. The van der Waals surface area contributed by atoms with Gasteiger partial charge >= 0.3 is 0 Å². The van der Waals surface area contributed by atoms with E-state index in [0.29, 0.717) is 38.0 Å². The summed E-state index contributed by atoms with van der Waals surface area (Å²) in [5.41, 5.74) is 1.99. The van der Waals surface area contributed by atoms with E-state index in [1.165, 1.54) is 6.07 Å². The maximum Gasteiger partial charge on any atom is 0.257 e.